The first kappa shape index (κ1) is 14.2. The number of rotatable bonds is 2. The summed E-state index contributed by atoms with van der Waals surface area (Å²) in [7, 11) is 0. The van der Waals surface area contributed by atoms with Crippen LogP contribution in [-0.2, 0) is 0 Å². The van der Waals surface area contributed by atoms with Gasteiger partial charge in [0.15, 0.2) is 0 Å². The number of thioether (sulfide) groups is 1. The van der Waals surface area contributed by atoms with Gasteiger partial charge in [0.25, 0.3) is 0 Å². The first-order valence-electron chi connectivity index (χ1n) is 5.51. The monoisotopic (exact) mass is 264 g/mol. The smallest absolute Gasteiger partial charge is 0.0580 e. The molecule has 0 amide bonds. The minimum absolute atomic E-state index is 0.0342. The zero-order valence-corrected chi connectivity index (χ0v) is 12.2. The molecule has 2 heteroatoms. The number of hydrogen-bond acceptors (Lipinski definition) is 1. The summed E-state index contributed by atoms with van der Waals surface area (Å²) in [4.78, 5) is 1.04. The topological polar surface area (TPSA) is 0 Å². The largest absolute Gasteiger partial charge is 0.0850 e. The molecule has 1 aromatic carbocycles. The zero-order chi connectivity index (χ0) is 12.9. The van der Waals surface area contributed by atoms with Crippen LogP contribution >= 0.6 is 23.4 Å². The summed E-state index contributed by atoms with van der Waals surface area (Å²) >= 11 is 7.79. The van der Waals surface area contributed by atoms with Crippen molar-refractivity contribution in [2.24, 2.45) is 5.41 Å². The van der Waals surface area contributed by atoms with Gasteiger partial charge >= 0.3 is 0 Å². The van der Waals surface area contributed by atoms with E-state index in [1.807, 2.05) is 37.3 Å². The number of halogens is 1. The van der Waals surface area contributed by atoms with Crippen molar-refractivity contribution in [2.45, 2.75) is 27.7 Å². The molecule has 0 aliphatic heterocycles. The molecule has 0 saturated carbocycles. The fourth-order valence-corrected chi connectivity index (χ4v) is 2.05. The first-order valence-corrected chi connectivity index (χ1v) is 6.70. The molecular weight excluding hydrogens is 248 g/mol. The van der Waals surface area contributed by atoms with Gasteiger partial charge in [-0.3, -0.25) is 0 Å². The Kier molecular flexibility index (Phi) is 5.18. The molecule has 90 valence electrons. The molecular formula is C15H17ClS. The van der Waals surface area contributed by atoms with Crippen molar-refractivity contribution < 1.29 is 0 Å². The van der Waals surface area contributed by atoms with Crippen molar-refractivity contribution in [2.75, 3.05) is 0 Å². The number of hydrogen-bond donors (Lipinski definition) is 0. The third kappa shape index (κ3) is 5.35. The van der Waals surface area contributed by atoms with Crippen LogP contribution in [0.15, 0.2) is 35.2 Å². The molecule has 0 aliphatic carbocycles. The minimum atomic E-state index is 0.0342. The van der Waals surface area contributed by atoms with E-state index in [2.05, 4.69) is 31.9 Å². The third-order valence-corrected chi connectivity index (χ3v) is 3.29. The molecule has 0 aliphatic rings. The Balaban J connectivity index is 2.81. The third-order valence-electron chi connectivity index (χ3n) is 1.97. The molecule has 0 N–H and O–H groups in total. The van der Waals surface area contributed by atoms with E-state index in [0.717, 1.165) is 15.5 Å². The van der Waals surface area contributed by atoms with Crippen LogP contribution in [0.25, 0.3) is 5.03 Å². The van der Waals surface area contributed by atoms with Gasteiger partial charge in [-0.05, 0) is 50.3 Å². The maximum atomic E-state index is 6.30. The molecule has 0 radical (unpaired) electrons. The van der Waals surface area contributed by atoms with Crippen LogP contribution in [0.4, 0.5) is 0 Å². The van der Waals surface area contributed by atoms with Crippen molar-refractivity contribution in [3.8, 4) is 11.2 Å². The molecule has 0 fully saturated rings. The second kappa shape index (κ2) is 6.19. The molecule has 0 nitrogen and oxygen atoms in total. The minimum Gasteiger partial charge on any atom is -0.0850 e. The van der Waals surface area contributed by atoms with Gasteiger partial charge in [-0.15, -0.1) is 0 Å². The summed E-state index contributed by atoms with van der Waals surface area (Å²) < 4.78 is 0. The highest BCUT2D eigenvalue weighted by atomic mass is 35.5. The van der Waals surface area contributed by atoms with E-state index in [9.17, 15) is 0 Å². The van der Waals surface area contributed by atoms with Crippen LogP contribution in [0.3, 0.4) is 0 Å². The van der Waals surface area contributed by atoms with E-state index in [4.69, 9.17) is 11.6 Å². The second-order valence-electron chi connectivity index (χ2n) is 4.82. The molecule has 1 rings (SSSR count). The molecule has 0 unspecified atom stereocenters. The van der Waals surface area contributed by atoms with Crippen LogP contribution in [0.5, 0.6) is 0 Å². The summed E-state index contributed by atoms with van der Waals surface area (Å²) in [5.41, 5.74) is 1.07. The van der Waals surface area contributed by atoms with Gasteiger partial charge in [0.1, 0.15) is 0 Å². The molecule has 0 saturated heterocycles. The average Bonchev–Trinajstić information content (AvgIpc) is 2.27. The van der Waals surface area contributed by atoms with Gasteiger partial charge in [0.2, 0.25) is 0 Å². The molecule has 0 spiro atoms. The van der Waals surface area contributed by atoms with Crippen molar-refractivity contribution in [1.29, 1.82) is 0 Å². The van der Waals surface area contributed by atoms with Crippen molar-refractivity contribution in [3.63, 3.8) is 0 Å². The van der Waals surface area contributed by atoms with Gasteiger partial charge in [-0.25, -0.2) is 0 Å². The van der Waals surface area contributed by atoms with E-state index < -0.39 is 0 Å². The maximum absolute atomic E-state index is 6.30. The van der Waals surface area contributed by atoms with E-state index in [0.29, 0.717) is 0 Å². The Morgan fingerprint density at radius 3 is 2.29 bits per heavy atom. The van der Waals surface area contributed by atoms with E-state index >= 15 is 0 Å². The van der Waals surface area contributed by atoms with Crippen LogP contribution in [0.2, 0.25) is 0 Å². The van der Waals surface area contributed by atoms with Crippen LogP contribution in [0, 0.1) is 16.6 Å². The lowest BCUT2D eigenvalue weighted by atomic mass is 9.99. The lowest BCUT2D eigenvalue weighted by Crippen LogP contribution is -1.98. The van der Waals surface area contributed by atoms with Gasteiger partial charge in [-0.2, -0.15) is 0 Å². The van der Waals surface area contributed by atoms with Crippen molar-refractivity contribution in [3.05, 3.63) is 40.8 Å². The second-order valence-corrected chi connectivity index (χ2v) is 6.21. The summed E-state index contributed by atoms with van der Waals surface area (Å²) in [6, 6.07) is 9.95. The Morgan fingerprint density at radius 1 is 1.18 bits per heavy atom. The highest BCUT2D eigenvalue weighted by Crippen LogP contribution is 2.29. The molecule has 1 aromatic rings. The molecule has 0 heterocycles. The van der Waals surface area contributed by atoms with Gasteiger partial charge < -0.3 is 0 Å². The van der Waals surface area contributed by atoms with Crippen LogP contribution < -0.4 is 0 Å². The summed E-state index contributed by atoms with van der Waals surface area (Å²) in [5.74, 6) is 3.18. The van der Waals surface area contributed by atoms with Crippen LogP contribution in [0.1, 0.15) is 33.3 Å². The average molecular weight is 265 g/mol. The Labute approximate surface area is 113 Å². The summed E-state index contributed by atoms with van der Waals surface area (Å²) in [6.07, 6.45) is 0. The van der Waals surface area contributed by atoms with Gasteiger partial charge in [0.05, 0.1) is 5.03 Å². The Bertz CT molecular complexity index is 455. The predicted octanol–water partition coefficient (Wildman–Crippen LogP) is 5.35. The number of benzene rings is 1. The fourth-order valence-electron chi connectivity index (χ4n) is 1.09. The predicted molar refractivity (Wildman–Crippen MR) is 79.7 cm³/mol. The number of allylic oxidation sites excluding steroid dienone is 1. The van der Waals surface area contributed by atoms with Gasteiger partial charge in [0, 0.05) is 10.3 Å². The Morgan fingerprint density at radius 2 is 1.76 bits per heavy atom. The normalized spacial score (nSPS) is 12.5. The molecule has 0 aromatic heterocycles. The summed E-state index contributed by atoms with van der Waals surface area (Å²) in [6.45, 7) is 8.28. The molecule has 17 heavy (non-hydrogen) atoms. The van der Waals surface area contributed by atoms with E-state index in [1.165, 1.54) is 11.8 Å². The Hall–Kier alpha value is -0.840. The van der Waals surface area contributed by atoms with E-state index in [-0.39, 0.29) is 5.41 Å². The van der Waals surface area contributed by atoms with Crippen LogP contribution in [-0.4, -0.2) is 0 Å². The first-order chi connectivity index (χ1) is 7.90. The SMILES string of the molecule is C/C(SC#CC(C)(C)C)=C(\Cl)c1ccccc1. The van der Waals surface area contributed by atoms with Gasteiger partial charge in [-0.1, -0.05) is 47.9 Å². The lowest BCUT2D eigenvalue weighted by Gasteiger charge is -2.07. The highest BCUT2D eigenvalue weighted by molar-refractivity contribution is 8.07. The van der Waals surface area contributed by atoms with Crippen molar-refractivity contribution >= 4 is 28.4 Å². The zero-order valence-electron chi connectivity index (χ0n) is 10.7. The fraction of sp³-hybridized carbons (Fsp3) is 0.333. The molecule has 0 bridgehead atoms. The lowest BCUT2D eigenvalue weighted by molar-refractivity contribution is 0.571. The standard InChI is InChI=1S/C15H17ClS/c1-12(17-11-10-15(2,3)4)14(16)13-8-6-5-7-9-13/h5-9H,1-4H3/b14-12+. The van der Waals surface area contributed by atoms with E-state index in [1.54, 1.807) is 0 Å². The maximum Gasteiger partial charge on any atom is 0.0580 e. The quantitative estimate of drug-likeness (QED) is 0.649. The van der Waals surface area contributed by atoms with Crippen molar-refractivity contribution in [1.82, 2.24) is 0 Å². The molecule has 0 atom stereocenters. The summed E-state index contributed by atoms with van der Waals surface area (Å²) in [5, 5.41) is 3.88. The highest BCUT2D eigenvalue weighted by Gasteiger charge is 2.05.